The number of nitrogens with zero attached hydrogens (tertiary/aromatic N) is 1. The van der Waals surface area contributed by atoms with Gasteiger partial charge in [-0.2, -0.15) is 4.31 Å². The molecule has 1 saturated heterocycles. The second-order valence-electron chi connectivity index (χ2n) is 3.77. The first-order valence-corrected chi connectivity index (χ1v) is 8.32. The molecule has 90 valence electrons. The molecule has 0 aliphatic carbocycles. The molecular weight excluding hydrogens is 240 g/mol. The van der Waals surface area contributed by atoms with Crippen LogP contribution >= 0.6 is 0 Å². The van der Waals surface area contributed by atoms with Crippen molar-refractivity contribution in [1.29, 1.82) is 0 Å². The highest BCUT2D eigenvalue weighted by Crippen LogP contribution is 2.17. The Bertz CT molecular complexity index is 414. The summed E-state index contributed by atoms with van der Waals surface area (Å²) in [5.74, 6) is -0.724. The summed E-state index contributed by atoms with van der Waals surface area (Å²) < 4.78 is 46.3. The maximum absolute atomic E-state index is 11.7. The van der Waals surface area contributed by atoms with Crippen LogP contribution in [0.25, 0.3) is 0 Å². The Hall–Kier alpha value is -0.180. The van der Waals surface area contributed by atoms with Crippen molar-refractivity contribution < 1.29 is 16.8 Å². The normalized spacial score (nSPS) is 24.5. The quantitative estimate of drug-likeness (QED) is 0.677. The van der Waals surface area contributed by atoms with Gasteiger partial charge in [0.25, 0.3) is 0 Å². The summed E-state index contributed by atoms with van der Waals surface area (Å²) in [6.07, 6.45) is 1.90. The largest absolute Gasteiger partial charge is 0.315 e. The fourth-order valence-electron chi connectivity index (χ4n) is 1.49. The van der Waals surface area contributed by atoms with Gasteiger partial charge in [0.1, 0.15) is 9.84 Å². The van der Waals surface area contributed by atoms with E-state index in [1.54, 1.807) is 0 Å². The molecule has 1 aliphatic rings. The number of sulfonamides is 1. The zero-order valence-electron chi connectivity index (χ0n) is 8.59. The van der Waals surface area contributed by atoms with Crippen molar-refractivity contribution >= 4 is 19.9 Å². The van der Waals surface area contributed by atoms with Crippen LogP contribution in [0.4, 0.5) is 0 Å². The average molecular weight is 256 g/mol. The first kappa shape index (κ1) is 12.9. The van der Waals surface area contributed by atoms with Gasteiger partial charge in [-0.05, 0) is 12.8 Å². The molecule has 1 aliphatic heterocycles. The number of hydrogen-bond donors (Lipinski definition) is 1. The molecule has 8 heteroatoms. The Balaban J connectivity index is 2.67. The lowest BCUT2D eigenvalue weighted by Gasteiger charge is -2.20. The van der Waals surface area contributed by atoms with Crippen LogP contribution in [-0.4, -0.2) is 51.6 Å². The number of nitrogens with two attached hydrogens (primary N) is 1. The van der Waals surface area contributed by atoms with Gasteiger partial charge in [-0.15, -0.1) is 0 Å². The van der Waals surface area contributed by atoms with E-state index in [0.717, 1.165) is 12.7 Å². The summed E-state index contributed by atoms with van der Waals surface area (Å²) in [7, 11) is -6.76. The minimum Gasteiger partial charge on any atom is -0.315 e. The van der Waals surface area contributed by atoms with Crippen LogP contribution in [0.1, 0.15) is 12.8 Å². The highest BCUT2D eigenvalue weighted by Gasteiger charge is 2.31. The summed E-state index contributed by atoms with van der Waals surface area (Å²) in [6.45, 7) is 0.396. The van der Waals surface area contributed by atoms with E-state index in [-0.39, 0.29) is 11.5 Å². The van der Waals surface area contributed by atoms with Gasteiger partial charge in [-0.3, -0.25) is 0 Å². The van der Waals surface area contributed by atoms with Gasteiger partial charge < -0.3 is 5.73 Å². The lowest BCUT2D eigenvalue weighted by atomic mass is 10.3. The van der Waals surface area contributed by atoms with E-state index >= 15 is 0 Å². The predicted molar refractivity (Wildman–Crippen MR) is 57.4 cm³/mol. The van der Waals surface area contributed by atoms with Gasteiger partial charge in [0.05, 0.1) is 17.7 Å². The predicted octanol–water partition coefficient (Wildman–Crippen LogP) is -1.26. The van der Waals surface area contributed by atoms with E-state index in [4.69, 9.17) is 5.73 Å². The summed E-state index contributed by atoms with van der Waals surface area (Å²) >= 11 is 0. The smallest absolute Gasteiger partial charge is 0.216 e. The van der Waals surface area contributed by atoms with Crippen LogP contribution in [0.2, 0.25) is 0 Å². The van der Waals surface area contributed by atoms with Gasteiger partial charge in [-0.1, -0.05) is 0 Å². The van der Waals surface area contributed by atoms with E-state index in [1.165, 1.54) is 4.31 Å². The molecule has 0 saturated carbocycles. The molecule has 1 fully saturated rings. The Kier molecular flexibility index (Phi) is 3.75. The van der Waals surface area contributed by atoms with Crippen LogP contribution < -0.4 is 5.73 Å². The second kappa shape index (κ2) is 4.36. The third-order valence-corrected chi connectivity index (χ3v) is 5.41. The molecule has 1 atom stereocenters. The van der Waals surface area contributed by atoms with Crippen molar-refractivity contribution in [3.63, 3.8) is 0 Å². The molecule has 1 heterocycles. The van der Waals surface area contributed by atoms with E-state index in [9.17, 15) is 16.8 Å². The lowest BCUT2D eigenvalue weighted by molar-refractivity contribution is 0.396. The Morgan fingerprint density at radius 3 is 2.27 bits per heavy atom. The standard InChI is InChI=1S/C7H16N2O4S2/c1-14(10,11)5-6-15(12,13)9-4-2-3-7(9)8/h7H,2-6,8H2,1H3. The van der Waals surface area contributed by atoms with Crippen molar-refractivity contribution in [1.82, 2.24) is 4.31 Å². The Labute approximate surface area is 90.4 Å². The molecule has 0 aromatic heterocycles. The molecule has 1 unspecified atom stereocenters. The molecule has 2 N–H and O–H groups in total. The third-order valence-electron chi connectivity index (χ3n) is 2.32. The van der Waals surface area contributed by atoms with E-state index in [2.05, 4.69) is 0 Å². The van der Waals surface area contributed by atoms with Gasteiger partial charge in [0.15, 0.2) is 0 Å². The number of rotatable bonds is 4. The average Bonchev–Trinajstić information content (AvgIpc) is 2.47. The fraction of sp³-hybridized carbons (Fsp3) is 1.00. The molecule has 0 aromatic carbocycles. The highest BCUT2D eigenvalue weighted by molar-refractivity contribution is 7.93. The SMILES string of the molecule is CS(=O)(=O)CCS(=O)(=O)N1CCCC1N. The van der Waals surface area contributed by atoms with Gasteiger partial charge in [-0.25, -0.2) is 16.8 Å². The highest BCUT2D eigenvalue weighted by atomic mass is 32.2. The molecule has 6 nitrogen and oxygen atoms in total. The summed E-state index contributed by atoms with van der Waals surface area (Å²) in [5.41, 5.74) is 5.60. The molecular formula is C7H16N2O4S2. The number of hydrogen-bond acceptors (Lipinski definition) is 5. The van der Waals surface area contributed by atoms with Crippen LogP contribution in [-0.2, 0) is 19.9 Å². The minimum absolute atomic E-state index is 0.349. The van der Waals surface area contributed by atoms with Crippen molar-refractivity contribution in [2.75, 3.05) is 24.3 Å². The zero-order chi connectivity index (χ0) is 11.7. The van der Waals surface area contributed by atoms with Crippen molar-refractivity contribution in [2.24, 2.45) is 5.73 Å². The summed E-state index contributed by atoms with van der Waals surface area (Å²) in [5, 5.41) is 0. The van der Waals surface area contributed by atoms with Crippen molar-refractivity contribution in [3.05, 3.63) is 0 Å². The first-order valence-electron chi connectivity index (χ1n) is 4.65. The molecule has 0 bridgehead atoms. The second-order valence-corrected chi connectivity index (χ2v) is 8.07. The van der Waals surface area contributed by atoms with E-state index in [1.807, 2.05) is 0 Å². The topological polar surface area (TPSA) is 97.5 Å². The summed E-state index contributed by atoms with van der Waals surface area (Å²) in [6, 6.07) is 0. The molecule has 0 aromatic rings. The molecule has 15 heavy (non-hydrogen) atoms. The van der Waals surface area contributed by atoms with Gasteiger partial charge in [0.2, 0.25) is 10.0 Å². The maximum Gasteiger partial charge on any atom is 0.216 e. The van der Waals surface area contributed by atoms with Crippen LogP contribution in [0.15, 0.2) is 0 Å². The molecule has 0 amide bonds. The lowest BCUT2D eigenvalue weighted by Crippen LogP contribution is -2.43. The molecule has 0 spiro atoms. The van der Waals surface area contributed by atoms with Crippen molar-refractivity contribution in [2.45, 2.75) is 19.0 Å². The van der Waals surface area contributed by atoms with Crippen LogP contribution in [0.5, 0.6) is 0 Å². The monoisotopic (exact) mass is 256 g/mol. The molecule has 1 rings (SSSR count). The van der Waals surface area contributed by atoms with E-state index < -0.39 is 26.0 Å². The maximum atomic E-state index is 11.7. The van der Waals surface area contributed by atoms with E-state index in [0.29, 0.717) is 13.0 Å². The van der Waals surface area contributed by atoms with Crippen LogP contribution in [0.3, 0.4) is 0 Å². The number of sulfone groups is 1. The Morgan fingerprint density at radius 2 is 1.87 bits per heavy atom. The fourth-order valence-corrected chi connectivity index (χ4v) is 4.70. The van der Waals surface area contributed by atoms with Crippen LogP contribution in [0, 0.1) is 0 Å². The Morgan fingerprint density at radius 1 is 1.27 bits per heavy atom. The molecule has 0 radical (unpaired) electrons. The summed E-state index contributed by atoms with van der Waals surface area (Å²) in [4.78, 5) is 0. The van der Waals surface area contributed by atoms with Gasteiger partial charge in [0, 0.05) is 12.8 Å². The van der Waals surface area contributed by atoms with Crippen molar-refractivity contribution in [3.8, 4) is 0 Å². The minimum atomic E-state index is -3.51. The first-order chi connectivity index (χ1) is 6.72. The third kappa shape index (κ3) is 3.71. The van der Waals surface area contributed by atoms with Gasteiger partial charge >= 0.3 is 0 Å². The zero-order valence-corrected chi connectivity index (χ0v) is 10.2.